The first-order valence-electron chi connectivity index (χ1n) is 6.98. The van der Waals surface area contributed by atoms with E-state index in [1.807, 2.05) is 25.5 Å². The summed E-state index contributed by atoms with van der Waals surface area (Å²) in [5, 5.41) is 5.55. The summed E-state index contributed by atoms with van der Waals surface area (Å²) in [7, 11) is 3.65. The second-order valence-corrected chi connectivity index (χ2v) is 4.96. The van der Waals surface area contributed by atoms with Crippen LogP contribution in [0.25, 0.3) is 21.9 Å². The Morgan fingerprint density at radius 2 is 2.05 bits per heavy atom. The maximum atomic E-state index is 5.43. The summed E-state index contributed by atoms with van der Waals surface area (Å²) in [6.07, 6.45) is 3.74. The Kier molecular flexibility index (Phi) is 3.84. The molecule has 0 bridgehead atoms. The van der Waals surface area contributed by atoms with Crippen LogP contribution in [0.2, 0.25) is 0 Å². The van der Waals surface area contributed by atoms with E-state index in [0.29, 0.717) is 0 Å². The third-order valence-corrected chi connectivity index (χ3v) is 3.64. The van der Waals surface area contributed by atoms with E-state index in [0.717, 1.165) is 23.2 Å². The Morgan fingerprint density at radius 3 is 2.86 bits per heavy atom. The number of nitrogens with one attached hydrogen (secondary N) is 1. The molecule has 0 fully saturated rings. The maximum Gasteiger partial charge on any atom is 0.123 e. The number of nitrogens with zero attached hydrogens (tertiary/aromatic N) is 1. The summed E-state index contributed by atoms with van der Waals surface area (Å²) >= 11 is 0. The summed E-state index contributed by atoms with van der Waals surface area (Å²) in [6, 6.07) is 14.7. The van der Waals surface area contributed by atoms with Gasteiger partial charge in [0.15, 0.2) is 0 Å². The zero-order valence-corrected chi connectivity index (χ0v) is 12.3. The van der Waals surface area contributed by atoms with Crippen LogP contribution in [0.3, 0.4) is 0 Å². The number of hydrogen-bond donors (Lipinski definition) is 1. The normalized spacial score (nSPS) is 10.8. The van der Waals surface area contributed by atoms with Gasteiger partial charge in [0.2, 0.25) is 0 Å². The molecule has 0 atom stereocenters. The van der Waals surface area contributed by atoms with Crippen molar-refractivity contribution >= 4 is 10.8 Å². The number of methoxy groups -OCH3 is 1. The van der Waals surface area contributed by atoms with Gasteiger partial charge in [-0.2, -0.15) is 0 Å². The topological polar surface area (TPSA) is 34.2 Å². The largest absolute Gasteiger partial charge is 0.496 e. The average molecular weight is 278 g/mol. The maximum absolute atomic E-state index is 5.43. The first-order chi connectivity index (χ1) is 10.3. The van der Waals surface area contributed by atoms with Gasteiger partial charge in [0.05, 0.1) is 7.11 Å². The third kappa shape index (κ3) is 2.60. The van der Waals surface area contributed by atoms with Crippen molar-refractivity contribution in [2.75, 3.05) is 14.2 Å². The first-order valence-corrected chi connectivity index (χ1v) is 6.98. The van der Waals surface area contributed by atoms with Crippen molar-refractivity contribution in [2.45, 2.75) is 6.54 Å². The van der Waals surface area contributed by atoms with Crippen LogP contribution in [0.4, 0.5) is 0 Å². The Hall–Kier alpha value is -2.39. The molecule has 0 aliphatic carbocycles. The summed E-state index contributed by atoms with van der Waals surface area (Å²) in [4.78, 5) is 4.19. The number of rotatable bonds is 4. The molecule has 3 rings (SSSR count). The highest BCUT2D eigenvalue weighted by Gasteiger charge is 2.08. The first kappa shape index (κ1) is 13.6. The number of hydrogen-bond acceptors (Lipinski definition) is 3. The molecule has 0 spiro atoms. The van der Waals surface area contributed by atoms with E-state index in [9.17, 15) is 0 Å². The van der Waals surface area contributed by atoms with Crippen molar-refractivity contribution in [3.8, 4) is 16.9 Å². The third-order valence-electron chi connectivity index (χ3n) is 3.64. The van der Waals surface area contributed by atoms with Gasteiger partial charge in [0.25, 0.3) is 0 Å². The standard InChI is InChI=1S/C18H18N2O/c1-19-11-15-10-13(6-7-18(15)21-2)16-5-3-4-14-12-20-9-8-17(14)16/h3-10,12,19H,11H2,1-2H3. The van der Waals surface area contributed by atoms with Gasteiger partial charge in [-0.15, -0.1) is 0 Å². The van der Waals surface area contributed by atoms with Crippen LogP contribution >= 0.6 is 0 Å². The lowest BCUT2D eigenvalue weighted by Crippen LogP contribution is -2.06. The van der Waals surface area contributed by atoms with Crippen LogP contribution in [-0.2, 0) is 6.54 Å². The molecule has 1 N–H and O–H groups in total. The zero-order valence-electron chi connectivity index (χ0n) is 12.3. The number of aromatic nitrogens is 1. The van der Waals surface area contributed by atoms with E-state index in [1.54, 1.807) is 7.11 Å². The molecular weight excluding hydrogens is 260 g/mol. The molecule has 2 aromatic carbocycles. The minimum atomic E-state index is 0.781. The molecule has 3 nitrogen and oxygen atoms in total. The lowest BCUT2D eigenvalue weighted by atomic mass is 9.97. The number of fused-ring (bicyclic) bond motifs is 1. The molecule has 0 amide bonds. The van der Waals surface area contributed by atoms with Crippen LogP contribution in [0.5, 0.6) is 5.75 Å². The van der Waals surface area contributed by atoms with Crippen LogP contribution in [-0.4, -0.2) is 19.1 Å². The van der Waals surface area contributed by atoms with Crippen molar-refractivity contribution in [1.29, 1.82) is 0 Å². The Balaban J connectivity index is 2.16. The average Bonchev–Trinajstić information content (AvgIpc) is 2.54. The van der Waals surface area contributed by atoms with Gasteiger partial charge in [-0.3, -0.25) is 4.98 Å². The fourth-order valence-corrected chi connectivity index (χ4v) is 2.65. The van der Waals surface area contributed by atoms with Gasteiger partial charge in [0, 0.05) is 29.9 Å². The number of benzene rings is 2. The van der Waals surface area contributed by atoms with Crippen molar-refractivity contribution in [2.24, 2.45) is 0 Å². The highest BCUT2D eigenvalue weighted by Crippen LogP contribution is 2.31. The van der Waals surface area contributed by atoms with E-state index in [-0.39, 0.29) is 0 Å². The van der Waals surface area contributed by atoms with Crippen molar-refractivity contribution in [3.05, 3.63) is 60.4 Å². The van der Waals surface area contributed by atoms with Crippen LogP contribution in [0.1, 0.15) is 5.56 Å². The van der Waals surface area contributed by atoms with Gasteiger partial charge >= 0.3 is 0 Å². The summed E-state index contributed by atoms with van der Waals surface area (Å²) < 4.78 is 5.43. The van der Waals surface area contributed by atoms with E-state index in [2.05, 4.69) is 46.7 Å². The molecule has 21 heavy (non-hydrogen) atoms. The quantitative estimate of drug-likeness (QED) is 0.791. The molecule has 0 saturated heterocycles. The highest BCUT2D eigenvalue weighted by molar-refractivity contribution is 5.96. The van der Waals surface area contributed by atoms with E-state index < -0.39 is 0 Å². The lowest BCUT2D eigenvalue weighted by molar-refractivity contribution is 0.408. The van der Waals surface area contributed by atoms with Gasteiger partial charge in [-0.25, -0.2) is 0 Å². The zero-order chi connectivity index (χ0) is 14.7. The minimum absolute atomic E-state index is 0.781. The second-order valence-electron chi connectivity index (χ2n) is 4.96. The minimum Gasteiger partial charge on any atom is -0.496 e. The summed E-state index contributed by atoms with van der Waals surface area (Å²) in [5.41, 5.74) is 3.57. The Labute approximate surface area is 124 Å². The summed E-state index contributed by atoms with van der Waals surface area (Å²) in [5.74, 6) is 0.912. The molecule has 0 unspecified atom stereocenters. The molecular formula is C18H18N2O. The van der Waals surface area contributed by atoms with Gasteiger partial charge < -0.3 is 10.1 Å². The predicted molar refractivity (Wildman–Crippen MR) is 86.5 cm³/mol. The molecule has 0 saturated carbocycles. The van der Waals surface area contributed by atoms with E-state index in [4.69, 9.17) is 4.74 Å². The predicted octanol–water partition coefficient (Wildman–Crippen LogP) is 3.63. The fourth-order valence-electron chi connectivity index (χ4n) is 2.65. The van der Waals surface area contributed by atoms with Crippen LogP contribution in [0, 0.1) is 0 Å². The monoisotopic (exact) mass is 278 g/mol. The SMILES string of the molecule is CNCc1cc(-c2cccc3cnccc23)ccc1OC. The molecule has 106 valence electrons. The second kappa shape index (κ2) is 5.94. The fraction of sp³-hybridized carbons (Fsp3) is 0.167. The van der Waals surface area contributed by atoms with Crippen LogP contribution < -0.4 is 10.1 Å². The lowest BCUT2D eigenvalue weighted by Gasteiger charge is -2.12. The van der Waals surface area contributed by atoms with Gasteiger partial charge in [-0.1, -0.05) is 24.3 Å². The highest BCUT2D eigenvalue weighted by atomic mass is 16.5. The van der Waals surface area contributed by atoms with Gasteiger partial charge in [0.1, 0.15) is 5.75 Å². The molecule has 0 aliphatic rings. The Morgan fingerprint density at radius 1 is 1.14 bits per heavy atom. The van der Waals surface area contributed by atoms with Crippen molar-refractivity contribution in [3.63, 3.8) is 0 Å². The Bertz CT molecular complexity index is 763. The smallest absolute Gasteiger partial charge is 0.123 e. The van der Waals surface area contributed by atoms with Crippen LogP contribution in [0.15, 0.2) is 54.9 Å². The molecule has 1 aromatic heterocycles. The number of ether oxygens (including phenoxy) is 1. The van der Waals surface area contributed by atoms with Gasteiger partial charge in [-0.05, 0) is 41.8 Å². The number of pyridine rings is 1. The molecule has 0 radical (unpaired) electrons. The molecule has 3 aromatic rings. The molecule has 3 heteroatoms. The van der Waals surface area contributed by atoms with E-state index >= 15 is 0 Å². The summed E-state index contributed by atoms with van der Waals surface area (Å²) in [6.45, 7) is 0.781. The van der Waals surface area contributed by atoms with E-state index in [1.165, 1.54) is 16.5 Å². The van der Waals surface area contributed by atoms with Crippen molar-refractivity contribution < 1.29 is 4.74 Å². The molecule has 1 heterocycles. The van der Waals surface area contributed by atoms with Crippen molar-refractivity contribution in [1.82, 2.24) is 10.3 Å². The molecule has 0 aliphatic heterocycles.